The van der Waals surface area contributed by atoms with Gasteiger partial charge in [0.1, 0.15) is 5.82 Å². The fraction of sp³-hybridized carbons (Fsp3) is 0.611. The van der Waals surface area contributed by atoms with Gasteiger partial charge in [0.2, 0.25) is 10.0 Å². The molecule has 2 rings (SSSR count). The SMILES string of the molecule is Cc1cc(S(=O)(=O)NC2CCN(C(=O)NC(C)(C)C)CC2)cc(C)c1F. The summed E-state index contributed by atoms with van der Waals surface area (Å²) < 4.78 is 41.6. The van der Waals surface area contributed by atoms with E-state index in [1.807, 2.05) is 20.8 Å². The summed E-state index contributed by atoms with van der Waals surface area (Å²) >= 11 is 0. The first-order valence-electron chi connectivity index (χ1n) is 8.75. The third-order valence-corrected chi connectivity index (χ3v) is 5.81. The van der Waals surface area contributed by atoms with E-state index in [9.17, 15) is 17.6 Å². The van der Waals surface area contributed by atoms with Gasteiger partial charge in [-0.15, -0.1) is 0 Å². The molecule has 0 aromatic heterocycles. The van der Waals surface area contributed by atoms with Gasteiger partial charge in [-0.05, 0) is 70.7 Å². The van der Waals surface area contributed by atoms with Gasteiger partial charge in [-0.1, -0.05) is 0 Å². The van der Waals surface area contributed by atoms with Crippen molar-refractivity contribution < 1.29 is 17.6 Å². The molecule has 0 saturated carbocycles. The predicted molar refractivity (Wildman–Crippen MR) is 99.1 cm³/mol. The molecule has 2 N–H and O–H groups in total. The van der Waals surface area contributed by atoms with Crippen LogP contribution >= 0.6 is 0 Å². The van der Waals surface area contributed by atoms with Gasteiger partial charge >= 0.3 is 6.03 Å². The average Bonchev–Trinajstić information content (AvgIpc) is 2.50. The molecule has 2 amide bonds. The van der Waals surface area contributed by atoms with Gasteiger partial charge in [0, 0.05) is 24.7 Å². The van der Waals surface area contributed by atoms with E-state index in [4.69, 9.17) is 0 Å². The molecule has 1 aliphatic rings. The molecule has 0 spiro atoms. The minimum absolute atomic E-state index is 0.0711. The van der Waals surface area contributed by atoms with Gasteiger partial charge in [-0.3, -0.25) is 0 Å². The first-order valence-corrected chi connectivity index (χ1v) is 10.2. The monoisotopic (exact) mass is 385 g/mol. The van der Waals surface area contributed by atoms with E-state index in [1.54, 1.807) is 18.7 Å². The van der Waals surface area contributed by atoms with Crippen LogP contribution in [0.15, 0.2) is 17.0 Å². The zero-order valence-corrected chi connectivity index (χ0v) is 16.8. The zero-order chi connectivity index (χ0) is 19.7. The highest BCUT2D eigenvalue weighted by molar-refractivity contribution is 7.89. The highest BCUT2D eigenvalue weighted by Gasteiger charge is 2.28. The van der Waals surface area contributed by atoms with Crippen LogP contribution in [0.25, 0.3) is 0 Å². The van der Waals surface area contributed by atoms with Crippen LogP contribution in [0.4, 0.5) is 9.18 Å². The maximum atomic E-state index is 13.7. The first-order chi connectivity index (χ1) is 11.9. The van der Waals surface area contributed by atoms with E-state index in [0.29, 0.717) is 37.1 Å². The molecule has 0 atom stereocenters. The van der Waals surface area contributed by atoms with Crippen molar-refractivity contribution in [3.8, 4) is 0 Å². The van der Waals surface area contributed by atoms with Crippen LogP contribution < -0.4 is 10.0 Å². The van der Waals surface area contributed by atoms with Crippen LogP contribution in [0.1, 0.15) is 44.7 Å². The Balaban J connectivity index is 1.99. The highest BCUT2D eigenvalue weighted by Crippen LogP contribution is 2.20. The standard InChI is InChI=1S/C18H28FN3O3S/c1-12-10-15(11-13(2)16(12)19)26(24,25)21-14-6-8-22(9-7-14)17(23)20-18(3,4)5/h10-11,14,21H,6-9H2,1-5H3,(H,20,23). The van der Waals surface area contributed by atoms with Gasteiger partial charge in [0.05, 0.1) is 4.90 Å². The molecule has 1 heterocycles. The summed E-state index contributed by atoms with van der Waals surface area (Å²) in [6.07, 6.45) is 1.08. The third-order valence-electron chi connectivity index (χ3n) is 4.31. The van der Waals surface area contributed by atoms with E-state index in [2.05, 4.69) is 10.0 Å². The second-order valence-corrected chi connectivity index (χ2v) is 9.65. The van der Waals surface area contributed by atoms with Gasteiger partial charge in [-0.25, -0.2) is 22.3 Å². The predicted octanol–water partition coefficient (Wildman–Crippen LogP) is 2.69. The Morgan fingerprint density at radius 2 is 1.65 bits per heavy atom. The minimum Gasteiger partial charge on any atom is -0.333 e. The summed E-state index contributed by atoms with van der Waals surface area (Å²) in [5.41, 5.74) is 0.298. The maximum absolute atomic E-state index is 13.7. The number of hydrogen-bond acceptors (Lipinski definition) is 3. The summed E-state index contributed by atoms with van der Waals surface area (Å²) in [5, 5.41) is 2.91. The average molecular weight is 386 g/mol. The fourth-order valence-corrected chi connectivity index (χ4v) is 4.42. The number of amides is 2. The van der Waals surface area contributed by atoms with E-state index in [1.165, 1.54) is 12.1 Å². The fourth-order valence-electron chi connectivity index (χ4n) is 2.95. The molecular weight excluding hydrogens is 357 g/mol. The summed E-state index contributed by atoms with van der Waals surface area (Å²) in [7, 11) is -3.72. The van der Waals surface area contributed by atoms with E-state index < -0.39 is 10.0 Å². The Morgan fingerprint density at radius 3 is 2.12 bits per heavy atom. The molecule has 0 unspecified atom stereocenters. The number of nitrogens with zero attached hydrogens (tertiary/aromatic N) is 1. The van der Waals surface area contributed by atoms with Crippen LogP contribution in [0.2, 0.25) is 0 Å². The van der Waals surface area contributed by atoms with Crippen molar-refractivity contribution >= 4 is 16.1 Å². The molecule has 0 radical (unpaired) electrons. The quantitative estimate of drug-likeness (QED) is 0.840. The van der Waals surface area contributed by atoms with Crippen molar-refractivity contribution in [1.29, 1.82) is 0 Å². The Labute approximate surface area is 155 Å². The molecular formula is C18H28FN3O3S. The largest absolute Gasteiger partial charge is 0.333 e. The second-order valence-electron chi connectivity index (χ2n) is 7.93. The number of carbonyl (C=O) groups excluding carboxylic acids is 1. The Morgan fingerprint density at radius 1 is 1.15 bits per heavy atom. The number of sulfonamides is 1. The Kier molecular flexibility index (Phi) is 5.97. The topological polar surface area (TPSA) is 78.5 Å². The van der Waals surface area contributed by atoms with Crippen molar-refractivity contribution in [2.45, 2.75) is 63.9 Å². The third kappa shape index (κ3) is 5.17. The molecule has 1 aromatic rings. The molecule has 146 valence electrons. The number of likely N-dealkylation sites (tertiary alicyclic amines) is 1. The van der Waals surface area contributed by atoms with Crippen LogP contribution in [0, 0.1) is 19.7 Å². The van der Waals surface area contributed by atoms with Crippen molar-refractivity contribution in [3.05, 3.63) is 29.1 Å². The van der Waals surface area contributed by atoms with Crippen LogP contribution in [-0.4, -0.2) is 44.0 Å². The van der Waals surface area contributed by atoms with Gasteiger partial charge in [-0.2, -0.15) is 0 Å². The lowest BCUT2D eigenvalue weighted by Crippen LogP contribution is -2.53. The molecule has 1 fully saturated rings. The number of nitrogens with one attached hydrogen (secondary N) is 2. The van der Waals surface area contributed by atoms with Crippen LogP contribution in [0.5, 0.6) is 0 Å². The number of benzene rings is 1. The highest BCUT2D eigenvalue weighted by atomic mass is 32.2. The lowest BCUT2D eigenvalue weighted by molar-refractivity contribution is 0.172. The smallest absolute Gasteiger partial charge is 0.317 e. The minimum atomic E-state index is -3.72. The lowest BCUT2D eigenvalue weighted by atomic mass is 10.1. The molecule has 1 saturated heterocycles. The normalized spacial score (nSPS) is 16.6. The number of hydrogen-bond donors (Lipinski definition) is 2. The van der Waals surface area contributed by atoms with E-state index >= 15 is 0 Å². The molecule has 8 heteroatoms. The first kappa shape index (κ1) is 20.6. The molecule has 26 heavy (non-hydrogen) atoms. The van der Waals surface area contributed by atoms with Crippen LogP contribution in [0.3, 0.4) is 0 Å². The van der Waals surface area contributed by atoms with Crippen molar-refractivity contribution in [3.63, 3.8) is 0 Å². The number of urea groups is 1. The number of aryl methyl sites for hydroxylation is 2. The molecule has 6 nitrogen and oxygen atoms in total. The number of halogens is 1. The van der Waals surface area contributed by atoms with Gasteiger partial charge in [0.25, 0.3) is 0 Å². The zero-order valence-electron chi connectivity index (χ0n) is 16.0. The summed E-state index contributed by atoms with van der Waals surface area (Å²) in [6.45, 7) is 9.81. The van der Waals surface area contributed by atoms with Gasteiger partial charge < -0.3 is 10.2 Å². The molecule has 1 aromatic carbocycles. The Bertz CT molecular complexity index is 756. The van der Waals surface area contributed by atoms with Crippen molar-refractivity contribution in [1.82, 2.24) is 14.9 Å². The van der Waals surface area contributed by atoms with Crippen LogP contribution in [-0.2, 0) is 10.0 Å². The number of carbonyl (C=O) groups is 1. The summed E-state index contributed by atoms with van der Waals surface area (Å²) in [4.78, 5) is 13.9. The Hall–Kier alpha value is -1.67. The summed E-state index contributed by atoms with van der Waals surface area (Å²) in [5.74, 6) is -0.387. The summed E-state index contributed by atoms with van der Waals surface area (Å²) in [6, 6.07) is 2.31. The van der Waals surface area contributed by atoms with Crippen molar-refractivity contribution in [2.24, 2.45) is 0 Å². The van der Waals surface area contributed by atoms with E-state index in [0.717, 1.165) is 0 Å². The molecule has 0 aliphatic carbocycles. The number of rotatable bonds is 3. The maximum Gasteiger partial charge on any atom is 0.317 e. The van der Waals surface area contributed by atoms with E-state index in [-0.39, 0.29) is 28.3 Å². The second kappa shape index (κ2) is 7.52. The van der Waals surface area contributed by atoms with Crippen molar-refractivity contribution in [2.75, 3.05) is 13.1 Å². The van der Waals surface area contributed by atoms with Gasteiger partial charge in [0.15, 0.2) is 0 Å². The molecule has 0 bridgehead atoms. The number of piperidine rings is 1. The molecule has 1 aliphatic heterocycles. The lowest BCUT2D eigenvalue weighted by Gasteiger charge is -2.34.